The van der Waals surface area contributed by atoms with E-state index in [1.165, 1.54) is 5.69 Å². The zero-order valence-corrected chi connectivity index (χ0v) is 12.9. The van der Waals surface area contributed by atoms with Crippen LogP contribution < -0.4 is 4.90 Å². The van der Waals surface area contributed by atoms with Crippen molar-refractivity contribution in [3.63, 3.8) is 0 Å². The summed E-state index contributed by atoms with van der Waals surface area (Å²) >= 11 is 0. The van der Waals surface area contributed by atoms with E-state index in [4.69, 9.17) is 0 Å². The van der Waals surface area contributed by atoms with Crippen molar-refractivity contribution in [3.8, 4) is 0 Å². The van der Waals surface area contributed by atoms with Gasteiger partial charge in [0.15, 0.2) is 0 Å². The maximum atomic E-state index is 9.96. The molecule has 0 radical (unpaired) electrons. The summed E-state index contributed by atoms with van der Waals surface area (Å²) in [6.07, 6.45) is 5.39. The van der Waals surface area contributed by atoms with Crippen LogP contribution in [0.15, 0.2) is 42.7 Å². The third-order valence-corrected chi connectivity index (χ3v) is 3.77. The molecule has 0 aliphatic heterocycles. The quantitative estimate of drug-likeness (QED) is 0.811. The van der Waals surface area contributed by atoms with Crippen molar-refractivity contribution in [1.82, 2.24) is 9.55 Å². The maximum Gasteiger partial charge on any atom is 0.105 e. The Bertz CT molecular complexity index is 524. The SMILES string of the molecule is CCC(O)CN(CCCn1ccnc1C)c1ccccc1. The van der Waals surface area contributed by atoms with Gasteiger partial charge < -0.3 is 14.6 Å². The van der Waals surface area contributed by atoms with Crippen LogP contribution in [0.1, 0.15) is 25.6 Å². The second-order valence-corrected chi connectivity index (χ2v) is 5.37. The number of imidazole rings is 1. The van der Waals surface area contributed by atoms with Crippen LogP contribution in [0.25, 0.3) is 0 Å². The lowest BCUT2D eigenvalue weighted by Crippen LogP contribution is -2.33. The molecule has 2 rings (SSSR count). The van der Waals surface area contributed by atoms with E-state index in [-0.39, 0.29) is 6.10 Å². The van der Waals surface area contributed by atoms with Gasteiger partial charge in [-0.3, -0.25) is 0 Å². The lowest BCUT2D eigenvalue weighted by Gasteiger charge is -2.27. The lowest BCUT2D eigenvalue weighted by molar-refractivity contribution is 0.175. The molecule has 0 aliphatic rings. The van der Waals surface area contributed by atoms with Crippen LogP contribution in [0, 0.1) is 6.92 Å². The Morgan fingerprint density at radius 2 is 2.05 bits per heavy atom. The minimum Gasteiger partial charge on any atom is -0.391 e. The number of rotatable bonds is 8. The molecule has 1 aromatic carbocycles. The predicted octanol–water partition coefficient (Wildman–Crippen LogP) is 2.86. The lowest BCUT2D eigenvalue weighted by atomic mass is 10.2. The highest BCUT2D eigenvalue weighted by molar-refractivity contribution is 5.46. The molecule has 114 valence electrons. The van der Waals surface area contributed by atoms with Gasteiger partial charge in [-0.25, -0.2) is 4.98 Å². The van der Waals surface area contributed by atoms with Gasteiger partial charge in [0, 0.05) is 37.7 Å². The first-order valence-corrected chi connectivity index (χ1v) is 7.66. The summed E-state index contributed by atoms with van der Waals surface area (Å²) in [6.45, 7) is 6.61. The first-order chi connectivity index (χ1) is 10.2. The first-order valence-electron chi connectivity index (χ1n) is 7.66. The van der Waals surface area contributed by atoms with Crippen molar-refractivity contribution in [1.29, 1.82) is 0 Å². The number of aliphatic hydroxyl groups is 1. The van der Waals surface area contributed by atoms with Crippen molar-refractivity contribution in [2.75, 3.05) is 18.0 Å². The van der Waals surface area contributed by atoms with Crippen molar-refractivity contribution >= 4 is 5.69 Å². The van der Waals surface area contributed by atoms with Crippen molar-refractivity contribution < 1.29 is 5.11 Å². The number of aryl methyl sites for hydroxylation is 2. The Morgan fingerprint density at radius 1 is 1.29 bits per heavy atom. The van der Waals surface area contributed by atoms with Crippen LogP contribution in [0.2, 0.25) is 0 Å². The van der Waals surface area contributed by atoms with Crippen LogP contribution in [-0.4, -0.2) is 33.9 Å². The molecule has 1 atom stereocenters. The van der Waals surface area contributed by atoms with Gasteiger partial charge >= 0.3 is 0 Å². The number of nitrogens with zero attached hydrogens (tertiary/aromatic N) is 3. The molecule has 1 N–H and O–H groups in total. The fourth-order valence-electron chi connectivity index (χ4n) is 2.42. The fourth-order valence-corrected chi connectivity index (χ4v) is 2.42. The van der Waals surface area contributed by atoms with Crippen molar-refractivity contribution in [2.45, 2.75) is 39.3 Å². The molecule has 0 amide bonds. The van der Waals surface area contributed by atoms with E-state index in [0.717, 1.165) is 31.8 Å². The molecule has 1 heterocycles. The Balaban J connectivity index is 1.94. The van der Waals surface area contributed by atoms with Gasteiger partial charge in [-0.15, -0.1) is 0 Å². The molecule has 0 aliphatic carbocycles. The summed E-state index contributed by atoms with van der Waals surface area (Å²) in [5, 5.41) is 9.96. The van der Waals surface area contributed by atoms with E-state index in [9.17, 15) is 5.11 Å². The molecule has 21 heavy (non-hydrogen) atoms. The molecule has 4 heteroatoms. The number of benzene rings is 1. The first kappa shape index (κ1) is 15.6. The van der Waals surface area contributed by atoms with Gasteiger partial charge in [-0.2, -0.15) is 0 Å². The van der Waals surface area contributed by atoms with Gasteiger partial charge in [0.2, 0.25) is 0 Å². The van der Waals surface area contributed by atoms with Gasteiger partial charge in [-0.05, 0) is 31.9 Å². The zero-order chi connectivity index (χ0) is 15.1. The molecular formula is C17H25N3O. The highest BCUT2D eigenvalue weighted by Gasteiger charge is 2.11. The maximum absolute atomic E-state index is 9.96. The Kier molecular flexibility index (Phi) is 5.81. The molecule has 0 saturated carbocycles. The van der Waals surface area contributed by atoms with Crippen LogP contribution in [-0.2, 0) is 6.54 Å². The second kappa shape index (κ2) is 7.84. The van der Waals surface area contributed by atoms with Gasteiger partial charge in [0.1, 0.15) is 5.82 Å². The standard InChI is InChI=1S/C17H25N3O/c1-3-17(21)14-20(16-8-5-4-6-9-16)12-7-11-19-13-10-18-15(19)2/h4-6,8-10,13,17,21H,3,7,11-12,14H2,1-2H3. The zero-order valence-electron chi connectivity index (χ0n) is 12.9. The summed E-state index contributed by atoms with van der Waals surface area (Å²) < 4.78 is 2.17. The topological polar surface area (TPSA) is 41.3 Å². The van der Waals surface area contributed by atoms with Gasteiger partial charge in [0.05, 0.1) is 6.10 Å². The van der Waals surface area contributed by atoms with E-state index in [0.29, 0.717) is 6.54 Å². The van der Waals surface area contributed by atoms with E-state index in [1.54, 1.807) is 0 Å². The Labute approximate surface area is 127 Å². The number of hydrogen-bond donors (Lipinski definition) is 1. The monoisotopic (exact) mass is 287 g/mol. The predicted molar refractivity (Wildman–Crippen MR) is 86.5 cm³/mol. The van der Waals surface area contributed by atoms with Crippen LogP contribution >= 0.6 is 0 Å². The minimum absolute atomic E-state index is 0.278. The summed E-state index contributed by atoms with van der Waals surface area (Å²) in [5.41, 5.74) is 1.17. The minimum atomic E-state index is -0.278. The van der Waals surface area contributed by atoms with Crippen LogP contribution in [0.3, 0.4) is 0 Å². The van der Waals surface area contributed by atoms with E-state index < -0.39 is 0 Å². The molecular weight excluding hydrogens is 262 g/mol. The average molecular weight is 287 g/mol. The van der Waals surface area contributed by atoms with E-state index in [1.807, 2.05) is 44.4 Å². The summed E-state index contributed by atoms with van der Waals surface area (Å²) in [6, 6.07) is 10.3. The molecule has 0 bridgehead atoms. The molecule has 0 spiro atoms. The number of aliphatic hydroxyl groups excluding tert-OH is 1. The highest BCUT2D eigenvalue weighted by Crippen LogP contribution is 2.15. The van der Waals surface area contributed by atoms with Crippen LogP contribution in [0.5, 0.6) is 0 Å². The summed E-state index contributed by atoms with van der Waals surface area (Å²) in [7, 11) is 0. The molecule has 0 saturated heterocycles. The second-order valence-electron chi connectivity index (χ2n) is 5.37. The molecule has 0 fully saturated rings. The van der Waals surface area contributed by atoms with Crippen molar-refractivity contribution in [2.24, 2.45) is 0 Å². The summed E-state index contributed by atoms with van der Waals surface area (Å²) in [5.74, 6) is 1.05. The summed E-state index contributed by atoms with van der Waals surface area (Å²) in [4.78, 5) is 6.51. The Hall–Kier alpha value is -1.81. The number of anilines is 1. The van der Waals surface area contributed by atoms with Gasteiger partial charge in [-0.1, -0.05) is 25.1 Å². The normalized spacial score (nSPS) is 12.3. The van der Waals surface area contributed by atoms with Crippen molar-refractivity contribution in [3.05, 3.63) is 48.5 Å². The van der Waals surface area contributed by atoms with E-state index >= 15 is 0 Å². The average Bonchev–Trinajstić information content (AvgIpc) is 2.92. The van der Waals surface area contributed by atoms with Crippen LogP contribution in [0.4, 0.5) is 5.69 Å². The van der Waals surface area contributed by atoms with E-state index in [2.05, 4.69) is 26.6 Å². The molecule has 1 aromatic heterocycles. The number of para-hydroxylation sites is 1. The van der Waals surface area contributed by atoms with Gasteiger partial charge in [0.25, 0.3) is 0 Å². The molecule has 1 unspecified atom stereocenters. The fraction of sp³-hybridized carbons (Fsp3) is 0.471. The number of hydrogen-bond acceptors (Lipinski definition) is 3. The third kappa shape index (κ3) is 4.60. The Morgan fingerprint density at radius 3 is 2.67 bits per heavy atom. The molecule has 2 aromatic rings. The smallest absolute Gasteiger partial charge is 0.105 e. The number of aromatic nitrogens is 2. The third-order valence-electron chi connectivity index (χ3n) is 3.77. The highest BCUT2D eigenvalue weighted by atomic mass is 16.3. The largest absolute Gasteiger partial charge is 0.391 e. The molecule has 4 nitrogen and oxygen atoms in total.